The lowest BCUT2D eigenvalue weighted by Gasteiger charge is -2.18. The molecule has 0 unspecified atom stereocenters. The summed E-state index contributed by atoms with van der Waals surface area (Å²) in [7, 11) is -4.33. The zero-order valence-corrected chi connectivity index (χ0v) is 32.0. The summed E-state index contributed by atoms with van der Waals surface area (Å²) in [5.74, 6) is 1.03. The Kier molecular flexibility index (Phi) is 16.8. The summed E-state index contributed by atoms with van der Waals surface area (Å²) in [4.78, 5) is 0.325. The molecule has 300 valence electrons. The number of aromatic hydroxyl groups is 2. The number of fused-ring (bicyclic) bond motifs is 2. The molecule has 2 aliphatic rings. The lowest BCUT2D eigenvalue weighted by atomic mass is 10.2. The van der Waals surface area contributed by atoms with Crippen molar-refractivity contribution in [3.05, 3.63) is 107 Å². The molecule has 56 heavy (non-hydrogen) atoms. The molecule has 0 bridgehead atoms. The molecule has 0 aliphatic carbocycles. The first kappa shape index (κ1) is 44.9. The molecule has 2 aliphatic heterocycles. The molecule has 0 fully saturated rings. The Hall–Kier alpha value is -5.53. The average Bonchev–Trinajstić information content (AvgIpc) is 3.59. The Balaban J connectivity index is 0.000000246. The second kappa shape index (κ2) is 21.0. The molecule has 0 spiro atoms. The van der Waals surface area contributed by atoms with Crippen molar-refractivity contribution in [3.8, 4) is 23.0 Å². The van der Waals surface area contributed by atoms with Gasteiger partial charge in [0.1, 0.15) is 4.90 Å². The minimum atomic E-state index is -3.77. The number of rotatable bonds is 12. The molecule has 5 N–H and O–H groups in total. The number of amidine groups is 1. The van der Waals surface area contributed by atoms with Crippen LogP contribution in [0.15, 0.2) is 114 Å². The number of halogens is 1. The van der Waals surface area contributed by atoms with E-state index in [1.165, 1.54) is 43.6 Å². The first-order valence-electron chi connectivity index (χ1n) is 16.4. The summed E-state index contributed by atoms with van der Waals surface area (Å²) >= 11 is 5.60. The summed E-state index contributed by atoms with van der Waals surface area (Å²) in [6.45, 7) is 0.989. The van der Waals surface area contributed by atoms with Gasteiger partial charge in [-0.1, -0.05) is 49.4 Å². The van der Waals surface area contributed by atoms with Gasteiger partial charge in [0.25, 0.3) is 20.0 Å². The van der Waals surface area contributed by atoms with Gasteiger partial charge < -0.3 is 35.3 Å². The number of methoxy groups -OCH3 is 2. The number of aliphatic hydroxyl groups is 2. The van der Waals surface area contributed by atoms with Crippen LogP contribution in [0.3, 0.4) is 0 Å². The van der Waals surface area contributed by atoms with Crippen LogP contribution in [0.4, 0.5) is 0 Å². The number of phenols is 2. The molecular weight excluding hydrogens is 788 g/mol. The third-order valence-electron chi connectivity index (χ3n) is 7.48. The number of sulfonamides is 2. The van der Waals surface area contributed by atoms with Crippen molar-refractivity contribution in [1.29, 1.82) is 0 Å². The van der Waals surface area contributed by atoms with Crippen LogP contribution in [0, 0.1) is 0 Å². The number of hydrogen-bond acceptors (Lipinski definition) is 14. The van der Waals surface area contributed by atoms with Crippen LogP contribution in [0.5, 0.6) is 23.0 Å². The van der Waals surface area contributed by atoms with Gasteiger partial charge in [0.2, 0.25) is 0 Å². The summed E-state index contributed by atoms with van der Waals surface area (Å²) in [6.07, 6.45) is 4.18. The zero-order chi connectivity index (χ0) is 40.0. The van der Waals surface area contributed by atoms with E-state index < -0.39 is 20.0 Å². The number of aliphatic hydroxyl groups excluding tert-OH is 2. The minimum absolute atomic E-state index is 0. The van der Waals surface area contributed by atoms with E-state index >= 15 is 0 Å². The van der Waals surface area contributed by atoms with Crippen LogP contribution in [-0.2, 0) is 20.0 Å². The third-order valence-corrected chi connectivity index (χ3v) is 10.5. The van der Waals surface area contributed by atoms with E-state index in [0.717, 1.165) is 5.56 Å². The highest BCUT2D eigenvalue weighted by atomic mass is 35.5. The Bertz CT molecular complexity index is 2300. The van der Waals surface area contributed by atoms with Gasteiger partial charge in [-0.3, -0.25) is 0 Å². The molecule has 16 nitrogen and oxygen atoms in total. The van der Waals surface area contributed by atoms with E-state index in [4.69, 9.17) is 31.3 Å². The highest BCUT2D eigenvalue weighted by Crippen LogP contribution is 2.29. The van der Waals surface area contributed by atoms with Gasteiger partial charge in [-0.2, -0.15) is 27.0 Å². The Morgan fingerprint density at radius 1 is 0.750 bits per heavy atom. The Labute approximate surface area is 330 Å². The minimum Gasteiger partial charge on any atom is -0.504 e. The van der Waals surface area contributed by atoms with Crippen molar-refractivity contribution in [2.45, 2.75) is 30.1 Å². The summed E-state index contributed by atoms with van der Waals surface area (Å²) in [5.41, 5.74) is 5.22. The molecule has 4 aromatic rings. The van der Waals surface area contributed by atoms with Crippen molar-refractivity contribution >= 4 is 55.1 Å². The van der Waals surface area contributed by atoms with Crippen LogP contribution in [0.1, 0.15) is 42.5 Å². The van der Waals surface area contributed by atoms with Gasteiger partial charge in [-0.05, 0) is 78.6 Å². The second-order valence-electron chi connectivity index (χ2n) is 11.3. The molecule has 0 radical (unpaired) electrons. The highest BCUT2D eigenvalue weighted by molar-refractivity contribution is 7.91. The van der Waals surface area contributed by atoms with Gasteiger partial charge in [0.05, 0.1) is 31.5 Å². The number of nitrogens with zero attached hydrogens (tertiary/aromatic N) is 5. The molecule has 0 amide bonds. The van der Waals surface area contributed by atoms with Gasteiger partial charge in [0.15, 0.2) is 34.0 Å². The fourth-order valence-corrected chi connectivity index (χ4v) is 7.61. The maximum absolute atomic E-state index is 12.3. The number of benzene rings is 4. The monoisotopic (exact) mass is 830 g/mol. The average molecular weight is 831 g/mol. The van der Waals surface area contributed by atoms with Crippen LogP contribution in [-0.4, -0.2) is 106 Å². The molecule has 0 atom stereocenters. The topological polar surface area (TPSA) is 232 Å². The molecule has 2 heterocycles. The predicted octanol–water partition coefficient (Wildman–Crippen LogP) is 4.29. The summed E-state index contributed by atoms with van der Waals surface area (Å²) < 4.78 is 64.2. The molecule has 0 saturated heterocycles. The fraction of sp³-hybridized carbons (Fsp3) is 0.243. The van der Waals surface area contributed by atoms with Gasteiger partial charge in [0, 0.05) is 37.4 Å². The van der Waals surface area contributed by atoms with Crippen LogP contribution >= 0.6 is 11.6 Å². The molecule has 0 saturated carbocycles. The molecule has 6 rings (SSSR count). The molecule has 0 aromatic heterocycles. The second-order valence-corrected chi connectivity index (χ2v) is 14.8. The quantitative estimate of drug-likeness (QED) is 0.0765. The van der Waals surface area contributed by atoms with E-state index in [1.54, 1.807) is 72.9 Å². The lowest BCUT2D eigenvalue weighted by Crippen LogP contribution is -2.27. The highest BCUT2D eigenvalue weighted by Gasteiger charge is 2.31. The standard InChI is InChI=1S/C18H19N3O5S.C11H16N2O3.C7H4ClNO2S.CH4/c1-26-16-11-13(7-8-15(16)23)12-19-21(9-4-10-22)18-14-5-2-3-6-17(14)27(24,25)20-18;1-16-11-7-9(3-4-10(11)15)8-13-12-5-2-6-14;8-7-5-3-1-2-4-6(5)12(10,11)9-7;/h2-3,5-8,11-12,22-23H,4,9-10H2,1H3;3-4,7-8,12,14-15H,2,5-6H2,1H3;1-4H;1H4/b19-12+;13-8+;;. The van der Waals surface area contributed by atoms with E-state index in [1.807, 2.05) is 0 Å². The smallest absolute Gasteiger partial charge is 0.285 e. The Morgan fingerprint density at radius 3 is 1.82 bits per heavy atom. The Morgan fingerprint density at radius 2 is 1.27 bits per heavy atom. The number of ether oxygens (including phenoxy) is 2. The van der Waals surface area contributed by atoms with Crippen LogP contribution < -0.4 is 14.9 Å². The van der Waals surface area contributed by atoms with Gasteiger partial charge in [-0.25, -0.2) is 5.01 Å². The molecule has 19 heteroatoms. The van der Waals surface area contributed by atoms with E-state index in [0.29, 0.717) is 47.6 Å². The largest absolute Gasteiger partial charge is 0.504 e. The third kappa shape index (κ3) is 11.7. The van der Waals surface area contributed by atoms with Crippen molar-refractivity contribution in [2.75, 3.05) is 40.5 Å². The first-order chi connectivity index (χ1) is 26.3. The molecule has 4 aromatic carbocycles. The normalized spacial score (nSPS) is 14.2. The molecular formula is C37H43ClN6O10S2. The number of hydrazone groups is 2. The fourth-order valence-electron chi connectivity index (χ4n) is 4.81. The van der Waals surface area contributed by atoms with E-state index in [9.17, 15) is 27.0 Å². The van der Waals surface area contributed by atoms with Gasteiger partial charge in [-0.15, -0.1) is 8.80 Å². The number of nitrogens with one attached hydrogen (secondary N) is 1. The maximum atomic E-state index is 12.3. The summed E-state index contributed by atoms with van der Waals surface area (Å²) in [6, 6.07) is 22.7. The SMILES string of the molecule is C.COc1cc(/C=N/N(CCCO)C2=NS(=O)(=O)c3ccccc32)ccc1O.COc1cc(/C=N/NCCCO)ccc1O.O=S1(=O)N=C(Cl)c2ccccc21. The van der Waals surface area contributed by atoms with Crippen molar-refractivity contribution in [3.63, 3.8) is 0 Å². The maximum Gasteiger partial charge on any atom is 0.285 e. The van der Waals surface area contributed by atoms with Crippen LogP contribution in [0.25, 0.3) is 0 Å². The van der Waals surface area contributed by atoms with E-state index in [-0.39, 0.29) is 59.5 Å². The van der Waals surface area contributed by atoms with Crippen molar-refractivity contribution in [1.82, 2.24) is 10.4 Å². The van der Waals surface area contributed by atoms with Gasteiger partial charge >= 0.3 is 0 Å². The predicted molar refractivity (Wildman–Crippen MR) is 216 cm³/mol. The zero-order valence-electron chi connectivity index (χ0n) is 29.6. The van der Waals surface area contributed by atoms with E-state index in [2.05, 4.69) is 24.4 Å². The summed E-state index contributed by atoms with van der Waals surface area (Å²) in [5, 5.41) is 46.5. The first-order valence-corrected chi connectivity index (χ1v) is 19.7. The number of phenolic OH excluding ortho intramolecular Hbond substituents is 2. The van der Waals surface area contributed by atoms with Crippen LogP contribution in [0.2, 0.25) is 0 Å². The van der Waals surface area contributed by atoms with Crippen molar-refractivity contribution in [2.24, 2.45) is 19.0 Å². The van der Waals surface area contributed by atoms with Crippen molar-refractivity contribution < 1.29 is 46.7 Å². The number of hydrogen-bond donors (Lipinski definition) is 5. The lowest BCUT2D eigenvalue weighted by molar-refractivity contribution is 0.269.